The van der Waals surface area contributed by atoms with Crippen LogP contribution in [0.25, 0.3) is 0 Å². The molecule has 3 heterocycles. The molecule has 7 aromatic carbocycles. The van der Waals surface area contributed by atoms with Gasteiger partial charge in [0, 0.05) is 83.1 Å². The second-order valence-corrected chi connectivity index (χ2v) is 34.4. The summed E-state index contributed by atoms with van der Waals surface area (Å²) >= 11 is 10.4. The first-order valence-electron chi connectivity index (χ1n) is 39.7. The molecule has 6 saturated carbocycles. The third-order valence-corrected chi connectivity index (χ3v) is 27.6. The molecule has 19 rings (SSSR count). The Morgan fingerprint density at radius 3 is 1.25 bits per heavy atom. The van der Waals surface area contributed by atoms with Gasteiger partial charge in [-0.1, -0.05) is 203 Å². The number of thioether (sulfide) groups is 1. The van der Waals surface area contributed by atoms with Crippen LogP contribution >= 0.6 is 39.9 Å². The quantitative estimate of drug-likeness (QED) is 0.0683. The average molecular weight is 1570 g/mol. The van der Waals surface area contributed by atoms with Crippen molar-refractivity contribution in [3.8, 4) is 35.5 Å². The van der Waals surface area contributed by atoms with Crippen LogP contribution in [0.15, 0.2) is 186 Å². The van der Waals surface area contributed by atoms with Gasteiger partial charge in [0.2, 0.25) is 0 Å². The zero-order chi connectivity index (χ0) is 75.7. The van der Waals surface area contributed by atoms with E-state index in [1.54, 1.807) is 30.9 Å². The number of amidine groups is 1. The second-order valence-electron chi connectivity index (χ2n) is 32.5. The van der Waals surface area contributed by atoms with Crippen molar-refractivity contribution in [1.29, 1.82) is 0 Å². The van der Waals surface area contributed by atoms with Crippen molar-refractivity contribution in [2.24, 2.45) is 49.7 Å². The number of methoxy groups -OCH3 is 3. The third kappa shape index (κ3) is 14.6. The number of nitrogens with one attached hydrogen (secondary N) is 2. The molecule has 0 aromatic heterocycles. The number of aliphatic imine (C=N–C) groups is 2. The molecule has 6 spiro atoms. The Hall–Kier alpha value is -8.63. The van der Waals surface area contributed by atoms with E-state index in [1.165, 1.54) is 66.3 Å². The van der Waals surface area contributed by atoms with Crippen molar-refractivity contribution in [3.63, 3.8) is 0 Å². The van der Waals surface area contributed by atoms with Gasteiger partial charge in [0.15, 0.2) is 32.9 Å². The summed E-state index contributed by atoms with van der Waals surface area (Å²) in [4.78, 5) is 57.0. The SMILES string of the molecule is BrCc1ccccc1.COC1CCC2(CC1)Cc1ccc(C#CC3CC3)cc1C21N=C(N)N(Cc2ccccc2)C1=O.COC1CCC2(CC1)Cc1ccc(C#CC3CC3)cc1C21N=C(SCc2ccccc2)N(Cc2ccccc2)C1=O.COC1CCC2(CC1)Cc1ccc(C#CC3CC3)cc1C21NC(=S)NC1=O. The van der Waals surface area contributed by atoms with Crippen LogP contribution in [0.3, 0.4) is 0 Å². The Bertz CT molecular complexity index is 4890. The molecular weight excluding hydrogens is 1470 g/mol. The minimum atomic E-state index is -0.975. The van der Waals surface area contributed by atoms with Crippen LogP contribution in [0.2, 0.25) is 0 Å². The first-order chi connectivity index (χ1) is 53.6. The van der Waals surface area contributed by atoms with Gasteiger partial charge in [0.25, 0.3) is 17.7 Å². The molecule has 3 aliphatic heterocycles. The molecule has 16 heteroatoms. The van der Waals surface area contributed by atoms with Gasteiger partial charge in [-0.05, 0) is 239 Å². The molecule has 12 aliphatic rings. The first-order valence-corrected chi connectivity index (χ1v) is 42.3. The molecule has 3 amide bonds. The number of halogens is 1. The van der Waals surface area contributed by atoms with Crippen molar-refractivity contribution in [3.05, 3.63) is 248 Å². The Labute approximate surface area is 667 Å². The van der Waals surface area contributed by atoms with Gasteiger partial charge in [-0.2, -0.15) is 0 Å². The van der Waals surface area contributed by atoms with Crippen LogP contribution in [-0.2, 0) is 88.6 Å². The van der Waals surface area contributed by atoms with Crippen molar-refractivity contribution in [1.82, 2.24) is 20.4 Å². The number of fused-ring (bicyclic) bond motifs is 9. The number of carbonyl (C=O) groups is 3. The summed E-state index contributed by atoms with van der Waals surface area (Å²) in [6.07, 6.45) is 21.9. The topological polar surface area (TPSA) is 160 Å². The van der Waals surface area contributed by atoms with E-state index < -0.39 is 16.6 Å². The number of nitrogens with two attached hydrogens (primary N) is 1. The van der Waals surface area contributed by atoms with Crippen LogP contribution in [0.4, 0.5) is 0 Å². The summed E-state index contributed by atoms with van der Waals surface area (Å²) in [7, 11) is 5.37. The Balaban J connectivity index is 0.000000121. The van der Waals surface area contributed by atoms with E-state index in [0.717, 1.165) is 157 Å². The molecule has 0 radical (unpaired) electrons. The highest BCUT2D eigenvalue weighted by Gasteiger charge is 2.69. The summed E-state index contributed by atoms with van der Waals surface area (Å²) in [6, 6.07) is 60.5. The number of nitrogens with zero attached hydrogens (tertiary/aromatic N) is 4. The molecule has 13 nitrogen and oxygen atoms in total. The zero-order valence-corrected chi connectivity index (χ0v) is 66.6. The van der Waals surface area contributed by atoms with Crippen molar-refractivity contribution < 1.29 is 28.6 Å². The van der Waals surface area contributed by atoms with Crippen molar-refractivity contribution in [2.75, 3.05) is 21.3 Å². The first kappa shape index (κ1) is 75.4. The van der Waals surface area contributed by atoms with Crippen molar-refractivity contribution >= 4 is 73.9 Å². The summed E-state index contributed by atoms with van der Waals surface area (Å²) in [6.45, 7) is 0.958. The summed E-state index contributed by atoms with van der Waals surface area (Å²) < 4.78 is 17.0. The molecule has 7 fully saturated rings. The number of carbonyl (C=O) groups excluding carboxylic acids is 3. The van der Waals surface area contributed by atoms with Crippen LogP contribution in [0.5, 0.6) is 0 Å². The number of benzene rings is 7. The van der Waals surface area contributed by atoms with Crippen LogP contribution in [-0.4, -0.2) is 83.4 Å². The monoisotopic (exact) mass is 1560 g/mol. The highest BCUT2D eigenvalue weighted by atomic mass is 79.9. The lowest BCUT2D eigenvalue weighted by atomic mass is 9.61. The molecule has 110 heavy (non-hydrogen) atoms. The molecular formula is C94H98BrN7O6S2. The Morgan fingerprint density at radius 1 is 0.482 bits per heavy atom. The number of hydrogen-bond donors (Lipinski definition) is 3. The smallest absolute Gasteiger partial charge is 0.262 e. The highest BCUT2D eigenvalue weighted by Crippen LogP contribution is 2.65. The van der Waals surface area contributed by atoms with Gasteiger partial charge in [-0.15, -0.1) is 0 Å². The van der Waals surface area contributed by atoms with E-state index in [4.69, 9.17) is 42.1 Å². The maximum atomic E-state index is 15.1. The number of amides is 3. The fourth-order valence-corrected chi connectivity index (χ4v) is 20.8. The van der Waals surface area contributed by atoms with Crippen LogP contribution in [0.1, 0.15) is 188 Å². The molecule has 0 bridgehead atoms. The number of rotatable bonds is 10. The van der Waals surface area contributed by atoms with Gasteiger partial charge < -0.3 is 30.6 Å². The minimum absolute atomic E-state index is 0.00517. The molecule has 564 valence electrons. The predicted octanol–water partition coefficient (Wildman–Crippen LogP) is 16.6. The molecule has 7 aromatic rings. The molecule has 9 aliphatic carbocycles. The Kier molecular flexibility index (Phi) is 21.8. The Morgan fingerprint density at radius 2 is 0.855 bits per heavy atom. The van der Waals surface area contributed by atoms with E-state index in [1.807, 2.05) is 84.8 Å². The second kappa shape index (κ2) is 31.9. The minimum Gasteiger partial charge on any atom is -0.381 e. The predicted molar refractivity (Wildman–Crippen MR) is 443 cm³/mol. The standard InChI is InChI=1S/C36H36N2O2S.C29H31N3O2.C22H24N2O2S.C7H7Br/c1-40-31-18-20-35(21-19-31)23-30-17-16-27(15-14-26-12-13-26)22-32(30)36(35)33(39)38(24-28-8-4-2-5-9-28)34(37-36)41-25-29-10-6-3-7-11-29;1-34-24-13-15-28(16-14-24)18-23-12-11-21(10-9-20-7-8-20)17-25(23)29(28)26(33)32(27(30)31-29)19-22-5-3-2-4-6-22;1-26-17-8-10-21(11-9-17)13-16-7-6-15(5-4-14-2-3-14)12-18(16)22(21)19(25)23-20(27)24-22;8-6-7-4-2-1-3-5-7/h2-11,16-17,22,26,31H,12-13,18-21,23-25H2,1H3;2-6,11-12,17,20,24H,7-8,13-16,18-19H2,1H3,(H2,30,31);6-7,12,14,17H,2-3,8-11,13H2,1H3,(H2,23,24,25,27);1-5H,6H2. The van der Waals surface area contributed by atoms with E-state index in [-0.39, 0.29) is 52.3 Å². The van der Waals surface area contributed by atoms with Crippen LogP contribution < -0.4 is 16.4 Å². The number of thiocarbonyl (C=S) groups is 1. The molecule has 3 unspecified atom stereocenters. The van der Waals surface area contributed by atoms with E-state index in [9.17, 15) is 9.59 Å². The van der Waals surface area contributed by atoms with E-state index in [2.05, 4.69) is 165 Å². The summed E-state index contributed by atoms with van der Waals surface area (Å²) in [5.74, 6) is 23.1. The zero-order valence-electron chi connectivity index (χ0n) is 63.4. The number of ether oxygens (including phenoxy) is 3. The van der Waals surface area contributed by atoms with Gasteiger partial charge in [-0.3, -0.25) is 24.2 Å². The normalized spacial score (nSPS) is 28.2. The number of alkyl halides is 1. The summed E-state index contributed by atoms with van der Waals surface area (Å²) in [5.41, 5.74) is 17.7. The maximum Gasteiger partial charge on any atom is 0.262 e. The summed E-state index contributed by atoms with van der Waals surface area (Å²) in [5, 5.41) is 8.52. The lowest BCUT2D eigenvalue weighted by Gasteiger charge is -2.46. The number of hydrogen-bond acceptors (Lipinski definition) is 11. The van der Waals surface area contributed by atoms with E-state index >= 15 is 4.79 Å². The number of guanidine groups is 1. The van der Waals surface area contributed by atoms with Gasteiger partial charge in [0.05, 0.1) is 31.4 Å². The van der Waals surface area contributed by atoms with Gasteiger partial charge in [-0.25, -0.2) is 9.98 Å². The van der Waals surface area contributed by atoms with Gasteiger partial charge in [0.1, 0.15) is 0 Å². The van der Waals surface area contributed by atoms with Crippen molar-refractivity contribution in [2.45, 2.75) is 194 Å². The maximum absolute atomic E-state index is 15.1. The third-order valence-electron chi connectivity index (χ3n) is 25.7. The largest absolute Gasteiger partial charge is 0.381 e. The molecule has 4 N–H and O–H groups in total. The van der Waals surface area contributed by atoms with Gasteiger partial charge >= 0.3 is 0 Å². The molecule has 3 atom stereocenters. The lowest BCUT2D eigenvalue weighted by molar-refractivity contribution is -0.139. The lowest BCUT2D eigenvalue weighted by Crippen LogP contribution is -2.56. The van der Waals surface area contributed by atoms with Crippen LogP contribution in [0, 0.1) is 69.5 Å². The fraction of sp³-hybridized carbons (Fsp3) is 0.426. The average Bonchev–Trinajstić information content (AvgIpc) is 1.50. The highest BCUT2D eigenvalue weighted by molar-refractivity contribution is 9.08. The molecule has 1 saturated heterocycles. The fourth-order valence-electron chi connectivity index (χ4n) is 19.2. The van der Waals surface area contributed by atoms with E-state index in [0.29, 0.717) is 41.9 Å².